The first kappa shape index (κ1) is 21.2. The lowest BCUT2D eigenvalue weighted by Gasteiger charge is -2.32. The fraction of sp³-hybridized carbons (Fsp3) is 0.440. The zero-order chi connectivity index (χ0) is 21.9. The van der Waals surface area contributed by atoms with Crippen LogP contribution in [0.15, 0.2) is 42.2 Å². The van der Waals surface area contributed by atoms with Gasteiger partial charge in [0.1, 0.15) is 5.78 Å². The van der Waals surface area contributed by atoms with E-state index in [9.17, 15) is 9.59 Å². The molecule has 2 fully saturated rings. The number of thiazole rings is 1. The molecule has 7 heteroatoms. The monoisotopic (exact) mass is 448 g/mol. The van der Waals surface area contributed by atoms with Gasteiger partial charge in [-0.2, -0.15) is 0 Å². The van der Waals surface area contributed by atoms with Crippen LogP contribution in [0.3, 0.4) is 0 Å². The fourth-order valence-corrected chi connectivity index (χ4v) is 5.42. The minimum Gasteiger partial charge on any atom is -0.342 e. The molecule has 5 rings (SSSR count). The maximum atomic E-state index is 13.0. The number of Topliss-reactive ketones (excluding diaryl/α,β-unsaturated/α-hetero) is 1. The van der Waals surface area contributed by atoms with E-state index in [4.69, 9.17) is 0 Å². The minimum atomic E-state index is 0.0202. The van der Waals surface area contributed by atoms with Gasteiger partial charge in [0.25, 0.3) is 0 Å². The highest BCUT2D eigenvalue weighted by molar-refractivity contribution is 7.13. The van der Waals surface area contributed by atoms with Crippen molar-refractivity contribution in [3.8, 4) is 10.4 Å². The van der Waals surface area contributed by atoms with Crippen LogP contribution in [0.2, 0.25) is 0 Å². The van der Waals surface area contributed by atoms with Crippen molar-refractivity contribution in [1.82, 2.24) is 19.8 Å². The van der Waals surface area contributed by atoms with E-state index in [1.807, 2.05) is 28.9 Å². The van der Waals surface area contributed by atoms with Crippen LogP contribution in [0.4, 0.5) is 0 Å². The number of rotatable bonds is 6. The predicted octanol–water partition coefficient (Wildman–Crippen LogP) is 3.80. The molecule has 0 unspecified atom stereocenters. The molecule has 2 saturated heterocycles. The maximum absolute atomic E-state index is 13.0. The molecule has 6 nitrogen and oxygen atoms in total. The van der Waals surface area contributed by atoms with Gasteiger partial charge in [0, 0.05) is 48.9 Å². The molecule has 2 aliphatic heterocycles. The number of hydrogen-bond acceptors (Lipinski definition) is 6. The second-order valence-corrected chi connectivity index (χ2v) is 9.77. The van der Waals surface area contributed by atoms with Gasteiger partial charge >= 0.3 is 0 Å². The molecule has 0 N–H and O–H groups in total. The average molecular weight is 449 g/mol. The van der Waals surface area contributed by atoms with E-state index in [1.54, 1.807) is 11.3 Å². The number of nitrogens with zero attached hydrogens (tertiary/aromatic N) is 4. The largest absolute Gasteiger partial charge is 0.342 e. The first-order valence-corrected chi connectivity index (χ1v) is 12.3. The van der Waals surface area contributed by atoms with E-state index in [0.717, 1.165) is 52.8 Å². The second-order valence-electron chi connectivity index (χ2n) is 8.88. The number of amides is 1. The summed E-state index contributed by atoms with van der Waals surface area (Å²) in [5.74, 6) is 0.472. The van der Waals surface area contributed by atoms with Gasteiger partial charge < -0.3 is 4.90 Å². The molecule has 1 aromatic carbocycles. The summed E-state index contributed by atoms with van der Waals surface area (Å²) in [6.45, 7) is 3.97. The molecule has 1 amide bonds. The van der Waals surface area contributed by atoms with Gasteiger partial charge in [0.2, 0.25) is 5.91 Å². The Kier molecular flexibility index (Phi) is 6.28. The van der Waals surface area contributed by atoms with Crippen molar-refractivity contribution in [1.29, 1.82) is 0 Å². The fourth-order valence-electron chi connectivity index (χ4n) is 4.80. The molecule has 4 heterocycles. The van der Waals surface area contributed by atoms with Gasteiger partial charge in [0.15, 0.2) is 0 Å². The van der Waals surface area contributed by atoms with Crippen LogP contribution in [0.1, 0.15) is 31.4 Å². The Labute approximate surface area is 192 Å². The van der Waals surface area contributed by atoms with Crippen LogP contribution in [0, 0.1) is 5.92 Å². The average Bonchev–Trinajstić information content (AvgIpc) is 3.53. The number of hydrogen-bond donors (Lipinski definition) is 0. The lowest BCUT2D eigenvalue weighted by atomic mass is 9.90. The van der Waals surface area contributed by atoms with E-state index in [-0.39, 0.29) is 17.6 Å². The van der Waals surface area contributed by atoms with Crippen LogP contribution in [0.25, 0.3) is 21.2 Å². The van der Waals surface area contributed by atoms with Gasteiger partial charge in [-0.05, 0) is 61.9 Å². The summed E-state index contributed by atoms with van der Waals surface area (Å²) in [6.07, 6.45) is 7.99. The molecule has 2 aliphatic rings. The van der Waals surface area contributed by atoms with Crippen molar-refractivity contribution in [2.24, 2.45) is 5.92 Å². The van der Waals surface area contributed by atoms with Crippen molar-refractivity contribution in [3.63, 3.8) is 0 Å². The standard InChI is InChI=1S/C25H28N4O2S/c30-23(18-5-9-29(10-6-18)25(31)16-28-7-1-2-8-28)13-22-12-21-11-19(24-15-26-17-32-24)3-4-20(21)14-27-22/h3-4,11-12,14-15,17-18H,1-2,5-10,13,16H2. The summed E-state index contributed by atoms with van der Waals surface area (Å²) < 4.78 is 0. The molecular formula is C25H28N4O2S. The van der Waals surface area contributed by atoms with E-state index < -0.39 is 0 Å². The van der Waals surface area contributed by atoms with Gasteiger partial charge in [-0.1, -0.05) is 12.1 Å². The lowest BCUT2D eigenvalue weighted by molar-refractivity contribution is -0.135. The Hall–Kier alpha value is -2.64. The summed E-state index contributed by atoms with van der Waals surface area (Å²) in [5, 5.41) is 2.16. The number of ketones is 1. The molecule has 0 radical (unpaired) electrons. The number of fused-ring (bicyclic) bond motifs is 1. The molecule has 0 bridgehead atoms. The van der Waals surface area contributed by atoms with Gasteiger partial charge in [-0.25, -0.2) is 0 Å². The van der Waals surface area contributed by atoms with Crippen LogP contribution in [-0.4, -0.2) is 64.2 Å². The third-order valence-electron chi connectivity index (χ3n) is 6.71. The summed E-state index contributed by atoms with van der Waals surface area (Å²) in [4.78, 5) is 39.5. The topological polar surface area (TPSA) is 66.4 Å². The zero-order valence-corrected chi connectivity index (χ0v) is 19.0. The molecule has 3 aromatic rings. The predicted molar refractivity (Wildman–Crippen MR) is 127 cm³/mol. The number of benzene rings is 1. The SMILES string of the molecule is O=C(Cc1cc2cc(-c3cncs3)ccc2cn1)C1CCN(C(=O)CN2CCCC2)CC1. The van der Waals surface area contributed by atoms with Gasteiger partial charge in [-0.15, -0.1) is 11.3 Å². The summed E-state index contributed by atoms with van der Waals surface area (Å²) >= 11 is 1.62. The first-order chi connectivity index (χ1) is 15.7. The number of piperidine rings is 1. The molecule has 32 heavy (non-hydrogen) atoms. The Morgan fingerprint density at radius 3 is 2.56 bits per heavy atom. The Bertz CT molecular complexity index is 1100. The Morgan fingerprint density at radius 1 is 1.00 bits per heavy atom. The highest BCUT2D eigenvalue weighted by Crippen LogP contribution is 2.27. The lowest BCUT2D eigenvalue weighted by Crippen LogP contribution is -2.44. The molecular weight excluding hydrogens is 420 g/mol. The van der Waals surface area contributed by atoms with Crippen molar-refractivity contribution >= 4 is 33.8 Å². The minimum absolute atomic E-state index is 0.0202. The van der Waals surface area contributed by atoms with Crippen molar-refractivity contribution < 1.29 is 9.59 Å². The molecule has 0 spiro atoms. The quantitative estimate of drug-likeness (QED) is 0.574. The Balaban J connectivity index is 1.19. The third-order valence-corrected chi connectivity index (χ3v) is 7.53. The van der Waals surface area contributed by atoms with Crippen LogP contribution in [-0.2, 0) is 16.0 Å². The van der Waals surface area contributed by atoms with Crippen molar-refractivity contribution in [3.05, 3.63) is 47.9 Å². The number of likely N-dealkylation sites (tertiary alicyclic amines) is 2. The van der Waals surface area contributed by atoms with Crippen molar-refractivity contribution in [2.75, 3.05) is 32.7 Å². The third kappa shape index (κ3) is 4.74. The zero-order valence-electron chi connectivity index (χ0n) is 18.2. The molecule has 0 saturated carbocycles. The van der Waals surface area contributed by atoms with Crippen LogP contribution >= 0.6 is 11.3 Å². The van der Waals surface area contributed by atoms with E-state index in [0.29, 0.717) is 26.1 Å². The first-order valence-electron chi connectivity index (χ1n) is 11.5. The Morgan fingerprint density at radius 2 is 1.81 bits per heavy atom. The number of aromatic nitrogens is 2. The van der Waals surface area contributed by atoms with Crippen molar-refractivity contribution in [2.45, 2.75) is 32.1 Å². The highest BCUT2D eigenvalue weighted by atomic mass is 32.1. The molecule has 2 aromatic heterocycles. The van der Waals surface area contributed by atoms with E-state index >= 15 is 0 Å². The van der Waals surface area contributed by atoms with Crippen LogP contribution < -0.4 is 0 Å². The summed E-state index contributed by atoms with van der Waals surface area (Å²) in [5.41, 5.74) is 3.78. The van der Waals surface area contributed by atoms with E-state index in [1.165, 1.54) is 12.8 Å². The molecule has 166 valence electrons. The maximum Gasteiger partial charge on any atom is 0.236 e. The number of pyridine rings is 1. The number of carbonyl (C=O) groups is 2. The second kappa shape index (κ2) is 9.46. The summed E-state index contributed by atoms with van der Waals surface area (Å²) in [7, 11) is 0. The van der Waals surface area contributed by atoms with Gasteiger partial charge in [0.05, 0.1) is 16.9 Å². The highest BCUT2D eigenvalue weighted by Gasteiger charge is 2.28. The normalized spacial score (nSPS) is 17.8. The summed E-state index contributed by atoms with van der Waals surface area (Å²) in [6, 6.07) is 8.33. The smallest absolute Gasteiger partial charge is 0.236 e. The molecule has 0 aliphatic carbocycles. The van der Waals surface area contributed by atoms with Gasteiger partial charge in [-0.3, -0.25) is 24.5 Å². The molecule has 0 atom stereocenters. The van der Waals surface area contributed by atoms with Crippen LogP contribution in [0.5, 0.6) is 0 Å². The van der Waals surface area contributed by atoms with E-state index in [2.05, 4.69) is 33.1 Å². The number of carbonyl (C=O) groups excluding carboxylic acids is 2.